The molecule has 1 rings (SSSR count). The predicted octanol–water partition coefficient (Wildman–Crippen LogP) is 1.34. The normalized spacial score (nSPS) is 15.2. The molecule has 1 aliphatic heterocycles. The Bertz CT molecular complexity index is 255. The number of hydrogen-bond donors (Lipinski definition) is 0. The summed E-state index contributed by atoms with van der Waals surface area (Å²) in [5.41, 5.74) is 0.732. The summed E-state index contributed by atoms with van der Waals surface area (Å²) in [7, 11) is 0. The SMILES string of the molecule is C=C1C=CC(=O)N1CCOCCOCCC. The molecule has 0 saturated heterocycles. The first-order valence-electron chi connectivity index (χ1n) is 5.59. The van der Waals surface area contributed by atoms with Crippen LogP contribution in [0.15, 0.2) is 24.4 Å². The van der Waals surface area contributed by atoms with Crippen molar-refractivity contribution in [2.75, 3.05) is 33.0 Å². The Morgan fingerprint density at radius 1 is 1.19 bits per heavy atom. The maximum Gasteiger partial charge on any atom is 0.251 e. The first-order valence-corrected chi connectivity index (χ1v) is 5.59. The molecule has 0 aromatic heterocycles. The standard InChI is InChI=1S/C12H19NO3/c1-3-7-15-9-10-16-8-6-13-11(2)4-5-12(13)14/h4-5H,2-3,6-10H2,1H3. The molecule has 0 aromatic rings. The summed E-state index contributed by atoms with van der Waals surface area (Å²) in [5.74, 6) is -0.0177. The molecule has 4 nitrogen and oxygen atoms in total. The van der Waals surface area contributed by atoms with Crippen molar-refractivity contribution < 1.29 is 14.3 Å². The Morgan fingerprint density at radius 3 is 2.44 bits per heavy atom. The summed E-state index contributed by atoms with van der Waals surface area (Å²) in [5, 5.41) is 0. The summed E-state index contributed by atoms with van der Waals surface area (Å²) in [6, 6.07) is 0. The summed E-state index contributed by atoms with van der Waals surface area (Å²) in [6.45, 7) is 8.86. The average Bonchev–Trinajstić information content (AvgIpc) is 2.59. The molecule has 0 fully saturated rings. The molecule has 0 N–H and O–H groups in total. The highest BCUT2D eigenvalue weighted by Crippen LogP contribution is 2.11. The maximum atomic E-state index is 11.3. The second-order valence-corrected chi connectivity index (χ2v) is 3.54. The van der Waals surface area contributed by atoms with Gasteiger partial charge in [-0.2, -0.15) is 0 Å². The van der Waals surface area contributed by atoms with Crippen molar-refractivity contribution in [3.05, 3.63) is 24.4 Å². The van der Waals surface area contributed by atoms with E-state index in [1.54, 1.807) is 11.0 Å². The van der Waals surface area contributed by atoms with Crippen molar-refractivity contribution in [1.82, 2.24) is 4.90 Å². The van der Waals surface area contributed by atoms with Crippen LogP contribution in [0, 0.1) is 0 Å². The first-order chi connectivity index (χ1) is 7.75. The molecule has 0 atom stereocenters. The van der Waals surface area contributed by atoms with Crippen LogP contribution in [0.25, 0.3) is 0 Å². The van der Waals surface area contributed by atoms with Crippen LogP contribution in [0.3, 0.4) is 0 Å². The number of allylic oxidation sites excluding steroid dienone is 1. The molecule has 1 amide bonds. The fourth-order valence-electron chi connectivity index (χ4n) is 1.36. The topological polar surface area (TPSA) is 38.8 Å². The van der Waals surface area contributed by atoms with Gasteiger partial charge in [-0.05, 0) is 12.5 Å². The minimum Gasteiger partial charge on any atom is -0.379 e. The third-order valence-electron chi connectivity index (χ3n) is 2.21. The van der Waals surface area contributed by atoms with Crippen LogP contribution >= 0.6 is 0 Å². The van der Waals surface area contributed by atoms with E-state index in [9.17, 15) is 4.79 Å². The fourth-order valence-corrected chi connectivity index (χ4v) is 1.36. The maximum absolute atomic E-state index is 11.3. The van der Waals surface area contributed by atoms with E-state index >= 15 is 0 Å². The number of rotatable bonds is 8. The van der Waals surface area contributed by atoms with Gasteiger partial charge in [-0.3, -0.25) is 4.79 Å². The van der Waals surface area contributed by atoms with Crippen molar-refractivity contribution in [3.63, 3.8) is 0 Å². The molecule has 1 heterocycles. The molecule has 0 aliphatic carbocycles. The Hall–Kier alpha value is -1.13. The number of carbonyl (C=O) groups excluding carboxylic acids is 1. The summed E-state index contributed by atoms with van der Waals surface area (Å²) >= 11 is 0. The zero-order valence-corrected chi connectivity index (χ0v) is 9.78. The second-order valence-electron chi connectivity index (χ2n) is 3.54. The molecule has 1 aliphatic rings. The highest BCUT2D eigenvalue weighted by molar-refractivity contribution is 5.92. The molecule has 0 saturated carbocycles. The first kappa shape index (κ1) is 12.9. The third-order valence-corrected chi connectivity index (χ3v) is 2.21. The van der Waals surface area contributed by atoms with Gasteiger partial charge in [0.2, 0.25) is 0 Å². The van der Waals surface area contributed by atoms with Gasteiger partial charge >= 0.3 is 0 Å². The molecule has 90 valence electrons. The van der Waals surface area contributed by atoms with Crippen LogP contribution in [-0.2, 0) is 14.3 Å². The number of ether oxygens (including phenoxy) is 2. The van der Waals surface area contributed by atoms with Gasteiger partial charge in [0, 0.05) is 24.9 Å². The molecule has 0 aromatic carbocycles. The van der Waals surface area contributed by atoms with E-state index in [1.165, 1.54) is 6.08 Å². The van der Waals surface area contributed by atoms with E-state index < -0.39 is 0 Å². The Balaban J connectivity index is 1.99. The van der Waals surface area contributed by atoms with Crippen molar-refractivity contribution in [3.8, 4) is 0 Å². The molecule has 0 spiro atoms. The van der Waals surface area contributed by atoms with E-state index in [1.807, 2.05) is 0 Å². The Labute approximate surface area is 96.5 Å². The smallest absolute Gasteiger partial charge is 0.251 e. The van der Waals surface area contributed by atoms with Crippen molar-refractivity contribution in [2.24, 2.45) is 0 Å². The van der Waals surface area contributed by atoms with Gasteiger partial charge < -0.3 is 14.4 Å². The van der Waals surface area contributed by atoms with Crippen molar-refractivity contribution in [1.29, 1.82) is 0 Å². The van der Waals surface area contributed by atoms with Gasteiger partial charge in [0.05, 0.1) is 19.8 Å². The van der Waals surface area contributed by atoms with Gasteiger partial charge in [-0.25, -0.2) is 0 Å². The van der Waals surface area contributed by atoms with Crippen LogP contribution in [0.4, 0.5) is 0 Å². The monoisotopic (exact) mass is 225 g/mol. The lowest BCUT2D eigenvalue weighted by molar-refractivity contribution is -0.123. The number of nitrogens with zero attached hydrogens (tertiary/aromatic N) is 1. The lowest BCUT2D eigenvalue weighted by Gasteiger charge is -2.16. The average molecular weight is 225 g/mol. The zero-order chi connectivity index (χ0) is 11.8. The molecular weight excluding hydrogens is 206 g/mol. The van der Waals surface area contributed by atoms with E-state index in [2.05, 4.69) is 13.5 Å². The largest absolute Gasteiger partial charge is 0.379 e. The van der Waals surface area contributed by atoms with E-state index in [0.717, 1.165) is 18.7 Å². The summed E-state index contributed by atoms with van der Waals surface area (Å²) in [4.78, 5) is 12.9. The molecular formula is C12H19NO3. The van der Waals surface area contributed by atoms with E-state index in [0.29, 0.717) is 26.4 Å². The van der Waals surface area contributed by atoms with Crippen LogP contribution < -0.4 is 0 Å². The lowest BCUT2D eigenvalue weighted by Crippen LogP contribution is -2.28. The lowest BCUT2D eigenvalue weighted by atomic mass is 10.4. The van der Waals surface area contributed by atoms with Gasteiger partial charge in [0.25, 0.3) is 5.91 Å². The zero-order valence-electron chi connectivity index (χ0n) is 9.78. The van der Waals surface area contributed by atoms with E-state index in [-0.39, 0.29) is 5.91 Å². The molecule has 16 heavy (non-hydrogen) atoms. The highest BCUT2D eigenvalue weighted by atomic mass is 16.5. The van der Waals surface area contributed by atoms with Crippen molar-refractivity contribution in [2.45, 2.75) is 13.3 Å². The summed E-state index contributed by atoms with van der Waals surface area (Å²) in [6.07, 6.45) is 4.26. The predicted molar refractivity (Wildman–Crippen MR) is 61.9 cm³/mol. The van der Waals surface area contributed by atoms with Crippen LogP contribution in [0.2, 0.25) is 0 Å². The molecule has 4 heteroatoms. The molecule has 0 bridgehead atoms. The summed E-state index contributed by atoms with van der Waals surface area (Å²) < 4.78 is 10.6. The quantitative estimate of drug-likeness (QED) is 0.585. The minimum absolute atomic E-state index is 0.0177. The van der Waals surface area contributed by atoms with Gasteiger partial charge in [0.1, 0.15) is 0 Å². The fraction of sp³-hybridized carbons (Fsp3) is 0.583. The van der Waals surface area contributed by atoms with Crippen LogP contribution in [-0.4, -0.2) is 43.8 Å². The van der Waals surface area contributed by atoms with E-state index in [4.69, 9.17) is 9.47 Å². The van der Waals surface area contributed by atoms with Crippen LogP contribution in [0.1, 0.15) is 13.3 Å². The van der Waals surface area contributed by atoms with Crippen LogP contribution in [0.5, 0.6) is 0 Å². The Kier molecular flexibility index (Phi) is 5.82. The van der Waals surface area contributed by atoms with Gasteiger partial charge in [-0.1, -0.05) is 13.5 Å². The second kappa shape index (κ2) is 7.19. The number of carbonyl (C=O) groups is 1. The Morgan fingerprint density at radius 2 is 1.88 bits per heavy atom. The van der Waals surface area contributed by atoms with Gasteiger partial charge in [-0.15, -0.1) is 0 Å². The number of amides is 1. The van der Waals surface area contributed by atoms with Gasteiger partial charge in [0.15, 0.2) is 0 Å². The third kappa shape index (κ3) is 4.16. The van der Waals surface area contributed by atoms with Crippen molar-refractivity contribution >= 4 is 5.91 Å². The number of hydrogen-bond acceptors (Lipinski definition) is 3. The highest BCUT2D eigenvalue weighted by Gasteiger charge is 2.17. The molecule has 0 radical (unpaired) electrons. The molecule has 0 unspecified atom stereocenters. The minimum atomic E-state index is -0.0177.